The van der Waals surface area contributed by atoms with Crippen LogP contribution in [-0.4, -0.2) is 20.9 Å². The molecule has 0 saturated carbocycles. The molecule has 1 rings (SSSR count). The SMILES string of the molecule is Cn1nc(F)c(C(=O)O)c1F. The molecule has 6 heteroatoms. The molecule has 4 nitrogen and oxygen atoms in total. The molecule has 1 aromatic rings. The Morgan fingerprint density at radius 1 is 1.64 bits per heavy atom. The zero-order valence-electron chi connectivity index (χ0n) is 5.51. The number of carbonyl (C=O) groups is 1. The highest BCUT2D eigenvalue weighted by Crippen LogP contribution is 2.09. The monoisotopic (exact) mass is 162 g/mol. The van der Waals surface area contributed by atoms with Gasteiger partial charge in [-0.05, 0) is 0 Å². The lowest BCUT2D eigenvalue weighted by Gasteiger charge is -1.87. The van der Waals surface area contributed by atoms with E-state index in [4.69, 9.17) is 5.11 Å². The van der Waals surface area contributed by atoms with Crippen molar-refractivity contribution in [3.05, 3.63) is 17.5 Å². The van der Waals surface area contributed by atoms with Gasteiger partial charge in [0.25, 0.3) is 0 Å². The summed E-state index contributed by atoms with van der Waals surface area (Å²) in [6.45, 7) is 0. The van der Waals surface area contributed by atoms with Gasteiger partial charge in [0.15, 0.2) is 5.56 Å². The lowest BCUT2D eigenvalue weighted by Crippen LogP contribution is -2.01. The third-order valence-electron chi connectivity index (χ3n) is 1.15. The number of carboxylic acid groups (broad SMARTS) is 1. The number of aryl methyl sites for hydroxylation is 1. The average molecular weight is 162 g/mol. The molecule has 60 valence electrons. The van der Waals surface area contributed by atoms with Crippen LogP contribution in [0.5, 0.6) is 0 Å². The lowest BCUT2D eigenvalue weighted by atomic mass is 10.3. The predicted molar refractivity (Wildman–Crippen MR) is 30.1 cm³/mol. The highest BCUT2D eigenvalue weighted by molar-refractivity contribution is 5.87. The molecule has 1 N–H and O–H groups in total. The number of halogens is 2. The van der Waals surface area contributed by atoms with E-state index in [0.29, 0.717) is 4.68 Å². The number of carboxylic acids is 1. The van der Waals surface area contributed by atoms with E-state index in [1.54, 1.807) is 0 Å². The predicted octanol–water partition coefficient (Wildman–Crippen LogP) is 0.397. The van der Waals surface area contributed by atoms with Gasteiger partial charge in [0.2, 0.25) is 11.9 Å². The van der Waals surface area contributed by atoms with Crippen LogP contribution in [0.15, 0.2) is 0 Å². The number of nitrogens with zero attached hydrogens (tertiary/aromatic N) is 2. The fourth-order valence-electron chi connectivity index (χ4n) is 0.649. The summed E-state index contributed by atoms with van der Waals surface area (Å²) in [6, 6.07) is 0. The molecule has 0 aliphatic rings. The maximum absolute atomic E-state index is 12.6. The first-order valence-corrected chi connectivity index (χ1v) is 2.65. The average Bonchev–Trinajstić information content (AvgIpc) is 2.07. The van der Waals surface area contributed by atoms with E-state index in [2.05, 4.69) is 5.10 Å². The van der Waals surface area contributed by atoms with Crippen LogP contribution < -0.4 is 0 Å². The van der Waals surface area contributed by atoms with E-state index < -0.39 is 23.4 Å². The minimum atomic E-state index is -1.66. The van der Waals surface area contributed by atoms with Crippen LogP contribution in [-0.2, 0) is 7.05 Å². The second-order valence-electron chi connectivity index (χ2n) is 1.89. The van der Waals surface area contributed by atoms with Crippen LogP contribution in [0.4, 0.5) is 8.78 Å². The van der Waals surface area contributed by atoms with Crippen molar-refractivity contribution in [2.75, 3.05) is 0 Å². The summed E-state index contributed by atoms with van der Waals surface area (Å²) in [5.41, 5.74) is -1.02. The maximum atomic E-state index is 12.6. The molecule has 0 saturated heterocycles. The van der Waals surface area contributed by atoms with E-state index in [-0.39, 0.29) is 0 Å². The summed E-state index contributed by atoms with van der Waals surface area (Å²) in [5.74, 6) is -4.15. The molecule has 0 aliphatic heterocycles. The van der Waals surface area contributed by atoms with Crippen molar-refractivity contribution < 1.29 is 18.7 Å². The molecule has 11 heavy (non-hydrogen) atoms. The van der Waals surface area contributed by atoms with Crippen LogP contribution in [0, 0.1) is 11.9 Å². The molecule has 0 fully saturated rings. The van der Waals surface area contributed by atoms with Crippen molar-refractivity contribution in [1.29, 1.82) is 0 Å². The molecule has 0 bridgehead atoms. The molecule has 0 aliphatic carbocycles. The summed E-state index contributed by atoms with van der Waals surface area (Å²) in [6.07, 6.45) is 0. The zero-order valence-corrected chi connectivity index (χ0v) is 5.51. The Labute approximate surface area is 60.1 Å². The van der Waals surface area contributed by atoms with Gasteiger partial charge in [-0.1, -0.05) is 0 Å². The molecule has 1 heterocycles. The highest BCUT2D eigenvalue weighted by Gasteiger charge is 2.22. The maximum Gasteiger partial charge on any atom is 0.345 e. The van der Waals surface area contributed by atoms with Gasteiger partial charge in [0.05, 0.1) is 0 Å². The van der Waals surface area contributed by atoms with Gasteiger partial charge in [-0.2, -0.15) is 8.78 Å². The number of aromatic nitrogens is 2. The largest absolute Gasteiger partial charge is 0.477 e. The van der Waals surface area contributed by atoms with Gasteiger partial charge < -0.3 is 5.11 Å². The van der Waals surface area contributed by atoms with Crippen molar-refractivity contribution in [3.63, 3.8) is 0 Å². The van der Waals surface area contributed by atoms with Crippen molar-refractivity contribution in [1.82, 2.24) is 9.78 Å². The molecular weight excluding hydrogens is 158 g/mol. The minimum Gasteiger partial charge on any atom is -0.477 e. The number of hydrogen-bond donors (Lipinski definition) is 1. The molecule has 0 atom stereocenters. The molecule has 0 spiro atoms. The molecule has 0 aromatic carbocycles. The first-order valence-electron chi connectivity index (χ1n) is 2.65. The Morgan fingerprint density at radius 3 is 2.36 bits per heavy atom. The zero-order chi connectivity index (χ0) is 8.59. The second-order valence-corrected chi connectivity index (χ2v) is 1.89. The van der Waals surface area contributed by atoms with Crippen molar-refractivity contribution in [2.24, 2.45) is 7.05 Å². The van der Waals surface area contributed by atoms with Gasteiger partial charge in [-0.25, -0.2) is 9.48 Å². The molecule has 0 amide bonds. The fourth-order valence-corrected chi connectivity index (χ4v) is 0.649. The summed E-state index contributed by atoms with van der Waals surface area (Å²) in [4.78, 5) is 10.1. The quantitative estimate of drug-likeness (QED) is 0.650. The van der Waals surface area contributed by atoms with Crippen LogP contribution in [0.2, 0.25) is 0 Å². The van der Waals surface area contributed by atoms with Gasteiger partial charge >= 0.3 is 5.97 Å². The topological polar surface area (TPSA) is 55.1 Å². The lowest BCUT2D eigenvalue weighted by molar-refractivity contribution is 0.0686. The van der Waals surface area contributed by atoms with Crippen molar-refractivity contribution >= 4 is 5.97 Å². The van der Waals surface area contributed by atoms with E-state index in [1.807, 2.05) is 0 Å². The van der Waals surface area contributed by atoms with Crippen molar-refractivity contribution in [2.45, 2.75) is 0 Å². The number of hydrogen-bond acceptors (Lipinski definition) is 2. The molecule has 0 radical (unpaired) electrons. The van der Waals surface area contributed by atoms with Crippen LogP contribution >= 0.6 is 0 Å². The third kappa shape index (κ3) is 1.06. The van der Waals surface area contributed by atoms with E-state index in [1.165, 1.54) is 0 Å². The van der Waals surface area contributed by atoms with Gasteiger partial charge in [0, 0.05) is 7.05 Å². The summed E-state index contributed by atoms with van der Waals surface area (Å²) in [5, 5.41) is 11.2. The first-order chi connectivity index (χ1) is 5.04. The normalized spacial score (nSPS) is 10.1. The van der Waals surface area contributed by atoms with Gasteiger partial charge in [-0.15, -0.1) is 5.10 Å². The van der Waals surface area contributed by atoms with E-state index >= 15 is 0 Å². The Bertz CT molecular complexity index is 308. The Hall–Kier alpha value is -1.46. The van der Waals surface area contributed by atoms with Gasteiger partial charge in [-0.3, -0.25) is 0 Å². The Kier molecular flexibility index (Phi) is 1.60. The first kappa shape index (κ1) is 7.64. The molecular formula is C5H4F2N2O2. The van der Waals surface area contributed by atoms with Crippen LogP contribution in [0.1, 0.15) is 10.4 Å². The minimum absolute atomic E-state index is 0.527. The van der Waals surface area contributed by atoms with E-state index in [9.17, 15) is 13.6 Å². The number of aromatic carboxylic acids is 1. The third-order valence-corrected chi connectivity index (χ3v) is 1.15. The highest BCUT2D eigenvalue weighted by atomic mass is 19.1. The molecule has 0 unspecified atom stereocenters. The number of rotatable bonds is 1. The second kappa shape index (κ2) is 2.30. The fraction of sp³-hybridized carbons (Fsp3) is 0.200. The standard InChI is InChI=1S/C5H4F2N2O2/c1-9-4(7)2(5(10)11)3(6)8-9/h1H3,(H,10,11). The summed E-state index contributed by atoms with van der Waals surface area (Å²) < 4.78 is 25.4. The van der Waals surface area contributed by atoms with E-state index in [0.717, 1.165) is 7.05 Å². The summed E-state index contributed by atoms with van der Waals surface area (Å²) >= 11 is 0. The van der Waals surface area contributed by atoms with Crippen LogP contribution in [0.3, 0.4) is 0 Å². The Morgan fingerprint density at radius 2 is 2.18 bits per heavy atom. The summed E-state index contributed by atoms with van der Waals surface area (Å²) in [7, 11) is 1.12. The van der Waals surface area contributed by atoms with Gasteiger partial charge in [0.1, 0.15) is 0 Å². The molecule has 1 aromatic heterocycles. The smallest absolute Gasteiger partial charge is 0.345 e. The Balaban J connectivity index is 3.34. The van der Waals surface area contributed by atoms with Crippen molar-refractivity contribution in [3.8, 4) is 0 Å². The van der Waals surface area contributed by atoms with Crippen LogP contribution in [0.25, 0.3) is 0 Å².